The van der Waals surface area contributed by atoms with Crippen LogP contribution in [0.1, 0.15) is 20.3 Å². The van der Waals surface area contributed by atoms with E-state index in [-0.39, 0.29) is 24.6 Å². The molecule has 1 fully saturated rings. The Morgan fingerprint density at radius 3 is 2.62 bits per heavy atom. The molecule has 0 aliphatic carbocycles. The lowest BCUT2D eigenvalue weighted by Gasteiger charge is -2.38. The fourth-order valence-electron chi connectivity index (χ4n) is 4.43. The molecule has 12 heteroatoms. The summed E-state index contributed by atoms with van der Waals surface area (Å²) in [4.78, 5) is 37.2. The summed E-state index contributed by atoms with van der Waals surface area (Å²) in [6.45, 7) is 10.9. The van der Waals surface area contributed by atoms with Gasteiger partial charge in [-0.2, -0.15) is 0 Å². The number of anilines is 3. The lowest BCUT2D eigenvalue weighted by molar-refractivity contribution is -0.145. The molecule has 2 aromatic carbocycles. The summed E-state index contributed by atoms with van der Waals surface area (Å²) in [6.07, 6.45) is 3.04. The van der Waals surface area contributed by atoms with E-state index in [0.717, 1.165) is 0 Å². The Hall–Kier alpha value is -3.61. The van der Waals surface area contributed by atoms with E-state index in [4.69, 9.17) is 9.47 Å². The van der Waals surface area contributed by atoms with Crippen molar-refractivity contribution in [3.8, 4) is 5.75 Å². The Labute approximate surface area is 240 Å². The molecule has 1 amide bonds. The lowest BCUT2D eigenvalue weighted by Crippen LogP contribution is -2.52. The molecule has 0 radical (unpaired) electrons. The third-order valence-electron chi connectivity index (χ3n) is 6.45. The number of esters is 1. The summed E-state index contributed by atoms with van der Waals surface area (Å²) in [7, 11) is 0. The minimum Gasteiger partial charge on any atom is -0.473 e. The number of carbonyl (C=O) groups is 2. The molecule has 0 spiro atoms. The summed E-state index contributed by atoms with van der Waals surface area (Å²) in [5, 5.41) is 6.66. The Morgan fingerprint density at radius 2 is 1.95 bits per heavy atom. The van der Waals surface area contributed by atoms with Gasteiger partial charge in [0.1, 0.15) is 23.7 Å². The highest BCUT2D eigenvalue weighted by Crippen LogP contribution is 2.35. The van der Waals surface area contributed by atoms with Gasteiger partial charge in [0.25, 0.3) is 0 Å². The first-order chi connectivity index (χ1) is 19.3. The first kappa shape index (κ1) is 29.4. The monoisotopic (exact) mass is 614 g/mol. The van der Waals surface area contributed by atoms with Gasteiger partial charge in [-0.25, -0.2) is 14.4 Å². The van der Waals surface area contributed by atoms with Crippen molar-refractivity contribution < 1.29 is 23.5 Å². The zero-order chi connectivity index (χ0) is 28.6. The number of fused-ring (bicyclic) bond motifs is 1. The van der Waals surface area contributed by atoms with Crippen molar-refractivity contribution in [2.24, 2.45) is 0 Å². The number of rotatable bonds is 11. The van der Waals surface area contributed by atoms with Crippen molar-refractivity contribution in [1.29, 1.82) is 0 Å². The van der Waals surface area contributed by atoms with Crippen LogP contribution < -0.4 is 15.4 Å². The fraction of sp³-hybridized carbons (Fsp3) is 0.357. The van der Waals surface area contributed by atoms with Crippen LogP contribution >= 0.6 is 15.9 Å². The molecule has 3 aromatic rings. The SMILES string of the molecule is C=CC(=O)Nc1cc2c(Nc3ccc(F)c(Br)c3)ncnc2cc1OC(CC)N1CCN(CC(=O)OCC)CC1. The van der Waals surface area contributed by atoms with Gasteiger partial charge in [0.15, 0.2) is 6.23 Å². The fourth-order valence-corrected chi connectivity index (χ4v) is 4.81. The quantitative estimate of drug-likeness (QED) is 0.235. The Kier molecular flexibility index (Phi) is 10.0. The van der Waals surface area contributed by atoms with Crippen LogP contribution in [0.25, 0.3) is 10.9 Å². The summed E-state index contributed by atoms with van der Waals surface area (Å²) in [5.41, 5.74) is 1.66. The molecule has 1 aliphatic rings. The van der Waals surface area contributed by atoms with Crippen LogP contribution in [0.3, 0.4) is 0 Å². The third-order valence-corrected chi connectivity index (χ3v) is 7.05. The smallest absolute Gasteiger partial charge is 0.320 e. The van der Waals surface area contributed by atoms with Crippen molar-refractivity contribution in [3.05, 3.63) is 59.6 Å². The highest BCUT2D eigenvalue weighted by Gasteiger charge is 2.26. The number of hydrogen-bond acceptors (Lipinski definition) is 9. The molecule has 0 saturated carbocycles. The highest BCUT2D eigenvalue weighted by molar-refractivity contribution is 9.10. The van der Waals surface area contributed by atoms with Gasteiger partial charge in [-0.1, -0.05) is 13.5 Å². The summed E-state index contributed by atoms with van der Waals surface area (Å²) >= 11 is 3.20. The number of amides is 1. The Bertz CT molecular complexity index is 1380. The lowest BCUT2D eigenvalue weighted by atomic mass is 10.1. The van der Waals surface area contributed by atoms with Crippen LogP contribution in [0, 0.1) is 5.82 Å². The molecule has 4 rings (SSSR count). The van der Waals surface area contributed by atoms with Gasteiger partial charge in [0.05, 0.1) is 28.8 Å². The first-order valence-electron chi connectivity index (χ1n) is 13.0. The minimum atomic E-state index is -0.390. The highest BCUT2D eigenvalue weighted by atomic mass is 79.9. The number of ether oxygens (including phenoxy) is 2. The minimum absolute atomic E-state index is 0.221. The first-order valence-corrected chi connectivity index (χ1v) is 13.8. The van der Waals surface area contributed by atoms with E-state index in [1.165, 1.54) is 18.5 Å². The zero-order valence-corrected chi connectivity index (χ0v) is 24.0. The second kappa shape index (κ2) is 13.6. The van der Waals surface area contributed by atoms with E-state index < -0.39 is 5.91 Å². The molecule has 0 bridgehead atoms. The third kappa shape index (κ3) is 7.32. The van der Waals surface area contributed by atoms with Crippen LogP contribution in [0.5, 0.6) is 5.75 Å². The summed E-state index contributed by atoms with van der Waals surface area (Å²) in [6, 6.07) is 8.07. The van der Waals surface area contributed by atoms with E-state index in [2.05, 4.69) is 52.9 Å². The number of nitrogens with one attached hydrogen (secondary N) is 2. The number of nitrogens with zero attached hydrogens (tertiary/aromatic N) is 4. The van der Waals surface area contributed by atoms with Gasteiger partial charge in [0.2, 0.25) is 5.91 Å². The number of benzene rings is 2. The maximum Gasteiger partial charge on any atom is 0.320 e. The van der Waals surface area contributed by atoms with Crippen LogP contribution in [0.15, 0.2) is 53.8 Å². The van der Waals surface area contributed by atoms with Crippen molar-refractivity contribution in [2.75, 3.05) is 50.0 Å². The molecule has 1 saturated heterocycles. The maximum atomic E-state index is 13.7. The van der Waals surface area contributed by atoms with Crippen molar-refractivity contribution in [1.82, 2.24) is 19.8 Å². The topological polar surface area (TPSA) is 109 Å². The Morgan fingerprint density at radius 1 is 1.18 bits per heavy atom. The predicted molar refractivity (Wildman–Crippen MR) is 155 cm³/mol. The standard InChI is InChI=1S/C28H32BrFN6O4/c1-4-25(37)34-23-14-19-22(31-17-32-28(19)33-18-7-8-21(30)20(29)13-18)15-24(23)40-26(5-2)36-11-9-35(10-12-36)16-27(38)39-6-3/h4,7-8,13-15,17,26H,1,5-6,9-12,16H2,2-3H3,(H,34,37)(H,31,32,33). The number of piperazine rings is 1. The summed E-state index contributed by atoms with van der Waals surface area (Å²) < 4.78 is 25.6. The molecular formula is C28H32BrFN6O4. The average molecular weight is 616 g/mol. The zero-order valence-electron chi connectivity index (χ0n) is 22.5. The molecule has 1 atom stereocenters. The van der Waals surface area contributed by atoms with Crippen molar-refractivity contribution in [3.63, 3.8) is 0 Å². The normalized spacial score (nSPS) is 14.9. The number of hydrogen-bond donors (Lipinski definition) is 2. The van der Waals surface area contributed by atoms with E-state index in [0.29, 0.717) is 77.5 Å². The molecule has 1 aliphatic heterocycles. The van der Waals surface area contributed by atoms with E-state index >= 15 is 0 Å². The van der Waals surface area contributed by atoms with E-state index in [1.54, 1.807) is 31.2 Å². The molecule has 10 nitrogen and oxygen atoms in total. The van der Waals surface area contributed by atoms with Crippen molar-refractivity contribution in [2.45, 2.75) is 26.5 Å². The number of carbonyl (C=O) groups excluding carboxylic acids is 2. The number of aromatic nitrogens is 2. The largest absolute Gasteiger partial charge is 0.473 e. The molecular weight excluding hydrogens is 583 g/mol. The van der Waals surface area contributed by atoms with Crippen LogP contribution in [-0.2, 0) is 14.3 Å². The van der Waals surface area contributed by atoms with Crippen molar-refractivity contribution >= 4 is 55.9 Å². The second-order valence-electron chi connectivity index (χ2n) is 9.13. The van der Waals surface area contributed by atoms with Gasteiger partial charge in [0, 0.05) is 43.3 Å². The molecule has 2 N–H and O–H groups in total. The molecule has 2 heterocycles. The Balaban J connectivity index is 1.58. The molecule has 1 aromatic heterocycles. The van der Waals surface area contributed by atoms with Gasteiger partial charge < -0.3 is 20.1 Å². The van der Waals surface area contributed by atoms with Gasteiger partial charge in [-0.15, -0.1) is 0 Å². The van der Waals surface area contributed by atoms with Gasteiger partial charge >= 0.3 is 5.97 Å². The summed E-state index contributed by atoms with van der Waals surface area (Å²) in [5.74, 6) is -0.0497. The van der Waals surface area contributed by atoms with Crippen LogP contribution in [-0.4, -0.2) is 77.2 Å². The number of halogens is 2. The molecule has 1 unspecified atom stereocenters. The van der Waals surface area contributed by atoms with E-state index in [1.807, 2.05) is 6.92 Å². The van der Waals surface area contributed by atoms with Gasteiger partial charge in [-0.05, 0) is 59.6 Å². The average Bonchev–Trinajstić information content (AvgIpc) is 2.94. The predicted octanol–water partition coefficient (Wildman–Crippen LogP) is 4.70. The molecule has 212 valence electrons. The maximum absolute atomic E-state index is 13.7. The van der Waals surface area contributed by atoms with Gasteiger partial charge in [-0.3, -0.25) is 19.4 Å². The van der Waals surface area contributed by atoms with E-state index in [9.17, 15) is 14.0 Å². The second-order valence-corrected chi connectivity index (χ2v) is 9.99. The van der Waals surface area contributed by atoms with Crippen LogP contribution in [0.4, 0.5) is 21.6 Å². The van der Waals surface area contributed by atoms with Crippen LogP contribution in [0.2, 0.25) is 0 Å². The molecule has 40 heavy (non-hydrogen) atoms.